The Morgan fingerprint density at radius 3 is 0.647 bits per heavy atom. The van der Waals surface area contributed by atoms with Gasteiger partial charge in [0.2, 0.25) is 0 Å². The monoisotopic (exact) mass is 1490 g/mol. The highest BCUT2D eigenvalue weighted by atomic mass is 31.2. The fourth-order valence-corrected chi connectivity index (χ4v) is 14.2. The fourth-order valence-electron chi connectivity index (χ4n) is 12.7. The predicted octanol–water partition coefficient (Wildman–Crippen LogP) is 24.8. The lowest BCUT2D eigenvalue weighted by Gasteiger charge is -2.21. The van der Waals surface area contributed by atoms with Gasteiger partial charge < -0.3 is 33.8 Å². The molecule has 0 aromatic rings. The zero-order valence-corrected chi connectivity index (χ0v) is 69.0. The SMILES string of the molecule is CCC(C)CCCCCCCCCCCCCCCCCCCCC(=O)O[C@H](COC(=O)CCCCCCCCC(C)CC)COP(=O)(O)OC[C@H](O)COP(=O)(O)OC[C@@H](COC(=O)CCCCCCCCCCCCCCCCC(C)CC)OC(=O)CCCCCCCCCCC(C)CC. The Labute approximate surface area is 626 Å². The maximum atomic E-state index is 13.1. The van der Waals surface area contributed by atoms with Crippen LogP contribution in [0.4, 0.5) is 0 Å². The molecule has 19 heteroatoms. The van der Waals surface area contributed by atoms with E-state index >= 15 is 0 Å². The number of phosphoric acid groups is 2. The fraction of sp³-hybridized carbons (Fsp3) is 0.952. The summed E-state index contributed by atoms with van der Waals surface area (Å²) in [5, 5.41) is 10.6. The van der Waals surface area contributed by atoms with Crippen LogP contribution in [0.25, 0.3) is 0 Å². The zero-order valence-electron chi connectivity index (χ0n) is 67.2. The van der Waals surface area contributed by atoms with Crippen molar-refractivity contribution in [2.75, 3.05) is 39.6 Å². The Morgan fingerprint density at radius 2 is 0.441 bits per heavy atom. The molecule has 9 atom stereocenters. The number of carbonyl (C=O) groups excluding carboxylic acids is 4. The Kier molecular flexibility index (Phi) is 70.6. The topological polar surface area (TPSA) is 237 Å². The molecule has 102 heavy (non-hydrogen) atoms. The number of hydrogen-bond acceptors (Lipinski definition) is 15. The van der Waals surface area contributed by atoms with E-state index in [1.54, 1.807) is 0 Å². The Morgan fingerprint density at radius 1 is 0.265 bits per heavy atom. The van der Waals surface area contributed by atoms with Crippen molar-refractivity contribution in [1.29, 1.82) is 0 Å². The van der Waals surface area contributed by atoms with Crippen molar-refractivity contribution < 1.29 is 80.2 Å². The molecule has 0 saturated heterocycles. The summed E-state index contributed by atoms with van der Waals surface area (Å²) in [6, 6.07) is 0. The van der Waals surface area contributed by atoms with E-state index in [0.29, 0.717) is 25.7 Å². The van der Waals surface area contributed by atoms with Crippen LogP contribution in [0.1, 0.15) is 428 Å². The minimum absolute atomic E-state index is 0.105. The number of aliphatic hydroxyl groups is 1. The highest BCUT2D eigenvalue weighted by Crippen LogP contribution is 2.45. The average molecular weight is 1490 g/mol. The number of carbonyl (C=O) groups is 4. The van der Waals surface area contributed by atoms with Gasteiger partial charge in [-0.25, -0.2) is 9.13 Å². The van der Waals surface area contributed by atoms with Gasteiger partial charge in [-0.2, -0.15) is 0 Å². The minimum Gasteiger partial charge on any atom is -0.462 e. The summed E-state index contributed by atoms with van der Waals surface area (Å²) in [4.78, 5) is 73.1. The van der Waals surface area contributed by atoms with Crippen molar-refractivity contribution in [3.63, 3.8) is 0 Å². The number of rotatable bonds is 80. The van der Waals surface area contributed by atoms with E-state index in [1.165, 1.54) is 225 Å². The summed E-state index contributed by atoms with van der Waals surface area (Å²) >= 11 is 0. The van der Waals surface area contributed by atoms with E-state index in [4.69, 9.17) is 37.0 Å². The summed E-state index contributed by atoms with van der Waals surface area (Å²) in [6.45, 7) is 14.3. The van der Waals surface area contributed by atoms with E-state index < -0.39 is 97.5 Å². The van der Waals surface area contributed by atoms with Gasteiger partial charge in [-0.15, -0.1) is 0 Å². The van der Waals surface area contributed by atoms with Crippen LogP contribution in [0.2, 0.25) is 0 Å². The molecule has 0 bridgehead atoms. The van der Waals surface area contributed by atoms with Crippen LogP contribution in [-0.4, -0.2) is 96.7 Å². The Bertz CT molecular complexity index is 2000. The lowest BCUT2D eigenvalue weighted by Crippen LogP contribution is -2.30. The standard InChI is InChI=1S/C83H162O17P2/c1-9-73(5)59-51-43-35-29-25-21-17-15-13-14-16-18-24-28-32-39-49-57-65-82(87)99-79(70-94-81(86)64-56-48-42-41-46-54-62-76(8)12-4)72-98-102(91,92)96-68-77(84)67-95-101(89,90)97-71-78(100-83(88)66-58-50-40-34-33-37-45-53-61-75(7)11-3)69-93-80(85)63-55-47-38-31-27-23-20-19-22-26-30-36-44-52-60-74(6)10-2/h73-79,84H,9-72H2,1-8H3,(H,89,90)(H,91,92)/t73?,74?,75?,76?,77-,78-,79-/m1/s1. The summed E-state index contributed by atoms with van der Waals surface area (Å²) < 4.78 is 68.7. The minimum atomic E-state index is -4.96. The molecule has 0 spiro atoms. The molecule has 0 aliphatic heterocycles. The maximum absolute atomic E-state index is 13.1. The lowest BCUT2D eigenvalue weighted by atomic mass is 9.99. The van der Waals surface area contributed by atoms with E-state index in [9.17, 15) is 43.2 Å². The number of unbranched alkanes of at least 4 members (excludes halogenated alkanes) is 42. The lowest BCUT2D eigenvalue weighted by molar-refractivity contribution is -0.161. The van der Waals surface area contributed by atoms with Crippen molar-refractivity contribution in [3.05, 3.63) is 0 Å². The molecule has 0 aromatic carbocycles. The molecule has 0 aliphatic rings. The molecule has 6 unspecified atom stereocenters. The Hall–Kier alpha value is -1.94. The summed E-state index contributed by atoms with van der Waals surface area (Å²) in [6.07, 6.45) is 59.7. The first-order valence-electron chi connectivity index (χ1n) is 42.9. The molecule has 0 fully saturated rings. The van der Waals surface area contributed by atoms with E-state index in [-0.39, 0.29) is 25.7 Å². The Balaban J connectivity index is 5.18. The van der Waals surface area contributed by atoms with Gasteiger partial charge in [0.1, 0.15) is 19.3 Å². The summed E-state index contributed by atoms with van der Waals surface area (Å²) in [5.41, 5.74) is 0. The molecule has 0 amide bonds. The molecule has 17 nitrogen and oxygen atoms in total. The van der Waals surface area contributed by atoms with Gasteiger partial charge in [-0.05, 0) is 49.4 Å². The van der Waals surface area contributed by atoms with E-state index in [1.807, 2.05) is 0 Å². The average Bonchev–Trinajstić information content (AvgIpc) is 0.905. The third kappa shape index (κ3) is 71.0. The number of hydrogen-bond donors (Lipinski definition) is 3. The van der Waals surface area contributed by atoms with Crippen molar-refractivity contribution in [3.8, 4) is 0 Å². The van der Waals surface area contributed by atoms with Crippen LogP contribution in [0, 0.1) is 23.7 Å². The summed E-state index contributed by atoms with van der Waals surface area (Å²) in [7, 11) is -9.92. The van der Waals surface area contributed by atoms with Crippen molar-refractivity contribution >= 4 is 39.5 Å². The van der Waals surface area contributed by atoms with E-state index in [0.717, 1.165) is 120 Å². The van der Waals surface area contributed by atoms with Crippen molar-refractivity contribution in [1.82, 2.24) is 0 Å². The van der Waals surface area contributed by atoms with Gasteiger partial charge in [0, 0.05) is 25.7 Å². The molecular weight excluding hydrogens is 1330 g/mol. The van der Waals surface area contributed by atoms with Crippen LogP contribution < -0.4 is 0 Å². The van der Waals surface area contributed by atoms with Crippen LogP contribution in [0.15, 0.2) is 0 Å². The van der Waals surface area contributed by atoms with Crippen LogP contribution in [-0.2, 0) is 65.4 Å². The number of aliphatic hydroxyl groups excluding tert-OH is 1. The summed E-state index contributed by atoms with van der Waals surface area (Å²) in [5.74, 6) is 1.11. The second kappa shape index (κ2) is 72.0. The van der Waals surface area contributed by atoms with Gasteiger partial charge in [0.15, 0.2) is 12.2 Å². The van der Waals surface area contributed by atoms with Gasteiger partial charge in [-0.1, -0.05) is 376 Å². The van der Waals surface area contributed by atoms with Gasteiger partial charge in [-0.3, -0.25) is 37.3 Å². The first-order chi connectivity index (χ1) is 49.2. The quantitative estimate of drug-likeness (QED) is 0.0222. The van der Waals surface area contributed by atoms with Crippen molar-refractivity contribution in [2.24, 2.45) is 23.7 Å². The second-order valence-corrected chi connectivity index (χ2v) is 33.7. The largest absolute Gasteiger partial charge is 0.472 e. The van der Waals surface area contributed by atoms with E-state index in [2.05, 4.69) is 55.4 Å². The molecule has 0 aromatic heterocycles. The third-order valence-electron chi connectivity index (χ3n) is 20.8. The molecule has 0 radical (unpaired) electrons. The number of esters is 4. The van der Waals surface area contributed by atoms with Crippen LogP contribution >= 0.6 is 15.6 Å². The highest BCUT2D eigenvalue weighted by Gasteiger charge is 2.30. The predicted molar refractivity (Wildman–Crippen MR) is 418 cm³/mol. The second-order valence-electron chi connectivity index (χ2n) is 30.8. The molecule has 3 N–H and O–H groups in total. The number of phosphoric ester groups is 2. The smallest absolute Gasteiger partial charge is 0.462 e. The normalized spacial score (nSPS) is 15.0. The molecule has 0 heterocycles. The molecule has 0 rings (SSSR count). The molecular formula is C83H162O17P2. The van der Waals surface area contributed by atoms with Gasteiger partial charge >= 0.3 is 39.5 Å². The van der Waals surface area contributed by atoms with Crippen molar-refractivity contribution in [2.45, 2.75) is 446 Å². The zero-order chi connectivity index (χ0) is 75.3. The third-order valence-corrected chi connectivity index (χ3v) is 22.7. The highest BCUT2D eigenvalue weighted by molar-refractivity contribution is 7.47. The van der Waals surface area contributed by atoms with Crippen LogP contribution in [0.3, 0.4) is 0 Å². The molecule has 606 valence electrons. The van der Waals surface area contributed by atoms with Gasteiger partial charge in [0.05, 0.1) is 26.4 Å². The first kappa shape index (κ1) is 100. The molecule has 0 aliphatic carbocycles. The number of ether oxygens (including phenoxy) is 4. The van der Waals surface area contributed by atoms with Crippen LogP contribution in [0.5, 0.6) is 0 Å². The molecule has 0 saturated carbocycles. The van der Waals surface area contributed by atoms with Gasteiger partial charge in [0.25, 0.3) is 0 Å². The maximum Gasteiger partial charge on any atom is 0.472 e. The first-order valence-corrected chi connectivity index (χ1v) is 45.8.